The van der Waals surface area contributed by atoms with Crippen molar-refractivity contribution in [2.45, 2.75) is 39.5 Å². The van der Waals surface area contributed by atoms with Crippen LogP contribution in [0.15, 0.2) is 18.2 Å². The normalized spacial score (nSPS) is 10.2. The summed E-state index contributed by atoms with van der Waals surface area (Å²) in [5, 5.41) is 16.8. The fourth-order valence-electron chi connectivity index (χ4n) is 1.92. The average molecular weight is 293 g/mol. The molecule has 0 aliphatic carbocycles. The molecule has 0 unspecified atom stereocenters. The van der Waals surface area contributed by atoms with Crippen LogP contribution in [0.5, 0.6) is 0 Å². The van der Waals surface area contributed by atoms with Gasteiger partial charge in [-0.3, -0.25) is 14.9 Å². The second-order valence-electron chi connectivity index (χ2n) is 4.88. The maximum atomic E-state index is 12.2. The molecule has 0 radical (unpaired) electrons. The summed E-state index contributed by atoms with van der Waals surface area (Å²) in [6.07, 6.45) is 3.95. The van der Waals surface area contributed by atoms with Crippen LogP contribution in [0.1, 0.15) is 49.9 Å². The van der Waals surface area contributed by atoms with Gasteiger partial charge in [0.15, 0.2) is 0 Å². The summed E-state index contributed by atoms with van der Waals surface area (Å²) in [4.78, 5) is 22.6. The molecule has 0 aliphatic heterocycles. The van der Waals surface area contributed by atoms with Gasteiger partial charge in [-0.2, -0.15) is 0 Å². The quantitative estimate of drug-likeness (QED) is 0.415. The van der Waals surface area contributed by atoms with Gasteiger partial charge in [-0.25, -0.2) is 0 Å². The highest BCUT2D eigenvalue weighted by Crippen LogP contribution is 2.22. The lowest BCUT2D eigenvalue weighted by molar-refractivity contribution is -0.384. The summed E-state index contributed by atoms with van der Waals surface area (Å²) in [5.74, 6) is -0.270. The van der Waals surface area contributed by atoms with Crippen LogP contribution < -0.4 is 10.6 Å². The Kier molecular flexibility index (Phi) is 7.21. The Morgan fingerprint density at radius 2 is 1.95 bits per heavy atom. The van der Waals surface area contributed by atoms with Crippen molar-refractivity contribution in [1.82, 2.24) is 5.32 Å². The lowest BCUT2D eigenvalue weighted by Gasteiger charge is -2.11. The number of hydrogen-bond acceptors (Lipinski definition) is 4. The van der Waals surface area contributed by atoms with E-state index in [1.165, 1.54) is 12.1 Å². The van der Waals surface area contributed by atoms with Crippen molar-refractivity contribution >= 4 is 17.3 Å². The van der Waals surface area contributed by atoms with Crippen molar-refractivity contribution in [1.29, 1.82) is 0 Å². The molecule has 0 fully saturated rings. The second kappa shape index (κ2) is 8.94. The summed E-state index contributed by atoms with van der Waals surface area (Å²) in [6.45, 7) is 5.41. The van der Waals surface area contributed by atoms with Gasteiger partial charge in [0.25, 0.3) is 11.6 Å². The molecule has 6 nitrogen and oxygen atoms in total. The van der Waals surface area contributed by atoms with E-state index in [0.29, 0.717) is 24.3 Å². The number of unbranched alkanes of at least 4 members (excludes halogenated alkanes) is 2. The summed E-state index contributed by atoms with van der Waals surface area (Å²) in [5.41, 5.74) is 0.889. The Labute approximate surface area is 125 Å². The van der Waals surface area contributed by atoms with E-state index in [4.69, 9.17) is 0 Å². The number of anilines is 1. The molecule has 116 valence electrons. The third-order valence-corrected chi connectivity index (χ3v) is 3.09. The zero-order valence-corrected chi connectivity index (χ0v) is 12.6. The van der Waals surface area contributed by atoms with Gasteiger partial charge in [0, 0.05) is 30.9 Å². The number of rotatable bonds is 9. The third kappa shape index (κ3) is 5.41. The molecule has 0 spiro atoms. The second-order valence-corrected chi connectivity index (χ2v) is 4.88. The van der Waals surface area contributed by atoms with E-state index in [9.17, 15) is 14.9 Å². The van der Waals surface area contributed by atoms with Crippen molar-refractivity contribution in [3.05, 3.63) is 33.9 Å². The fraction of sp³-hybridized carbons (Fsp3) is 0.533. The van der Waals surface area contributed by atoms with E-state index >= 15 is 0 Å². The van der Waals surface area contributed by atoms with Crippen LogP contribution in [0.3, 0.4) is 0 Å². The Morgan fingerprint density at radius 1 is 1.19 bits per heavy atom. The van der Waals surface area contributed by atoms with Gasteiger partial charge in [-0.15, -0.1) is 0 Å². The Balaban J connectivity index is 2.85. The molecule has 6 heteroatoms. The predicted octanol–water partition coefficient (Wildman–Crippen LogP) is 3.34. The summed E-state index contributed by atoms with van der Waals surface area (Å²) < 4.78 is 0. The van der Waals surface area contributed by atoms with E-state index in [-0.39, 0.29) is 11.6 Å². The average Bonchev–Trinajstić information content (AvgIpc) is 2.49. The molecule has 2 N–H and O–H groups in total. The van der Waals surface area contributed by atoms with E-state index in [2.05, 4.69) is 17.6 Å². The smallest absolute Gasteiger partial charge is 0.270 e. The highest BCUT2D eigenvalue weighted by molar-refractivity contribution is 6.00. The van der Waals surface area contributed by atoms with E-state index in [1.54, 1.807) is 6.07 Å². The summed E-state index contributed by atoms with van der Waals surface area (Å²) in [7, 11) is 0. The Hall–Kier alpha value is -2.11. The van der Waals surface area contributed by atoms with Gasteiger partial charge in [0.1, 0.15) is 0 Å². The standard InChI is InChI=1S/C15H23N3O3/c1-3-5-6-10-17-15(19)13-11-12(18(20)21)7-8-14(13)16-9-4-2/h7-8,11,16H,3-6,9-10H2,1-2H3,(H,17,19). The molecule has 1 rings (SSSR count). The number of carbonyl (C=O) groups is 1. The van der Waals surface area contributed by atoms with Crippen LogP contribution in [0.4, 0.5) is 11.4 Å². The molecule has 0 saturated heterocycles. The van der Waals surface area contributed by atoms with Gasteiger partial charge in [-0.05, 0) is 18.9 Å². The zero-order chi connectivity index (χ0) is 15.7. The van der Waals surface area contributed by atoms with Crippen molar-refractivity contribution < 1.29 is 9.72 Å². The topological polar surface area (TPSA) is 84.3 Å². The maximum absolute atomic E-state index is 12.2. The molecular weight excluding hydrogens is 270 g/mol. The molecular formula is C15H23N3O3. The molecule has 0 aromatic heterocycles. The number of nitro benzene ring substituents is 1. The SMILES string of the molecule is CCCCCNC(=O)c1cc([N+](=O)[O-])ccc1NCCC. The van der Waals surface area contributed by atoms with Gasteiger partial charge >= 0.3 is 0 Å². The largest absolute Gasteiger partial charge is 0.384 e. The molecule has 1 aromatic carbocycles. The minimum atomic E-state index is -0.489. The molecule has 1 aromatic rings. The number of nitrogens with one attached hydrogen (secondary N) is 2. The van der Waals surface area contributed by atoms with Gasteiger partial charge < -0.3 is 10.6 Å². The number of hydrogen-bond donors (Lipinski definition) is 2. The predicted molar refractivity (Wildman–Crippen MR) is 83.7 cm³/mol. The van der Waals surface area contributed by atoms with Crippen LogP contribution >= 0.6 is 0 Å². The highest BCUT2D eigenvalue weighted by Gasteiger charge is 2.16. The summed E-state index contributed by atoms with van der Waals surface area (Å²) in [6, 6.07) is 4.33. The first-order valence-electron chi connectivity index (χ1n) is 7.40. The van der Waals surface area contributed by atoms with Crippen LogP contribution in [0.2, 0.25) is 0 Å². The number of non-ortho nitro benzene ring substituents is 1. The third-order valence-electron chi connectivity index (χ3n) is 3.09. The van der Waals surface area contributed by atoms with E-state index in [0.717, 1.165) is 25.7 Å². The summed E-state index contributed by atoms with van der Waals surface area (Å²) >= 11 is 0. The van der Waals surface area contributed by atoms with Gasteiger partial charge in [0.2, 0.25) is 0 Å². The lowest BCUT2D eigenvalue weighted by Crippen LogP contribution is -2.25. The fourth-order valence-corrected chi connectivity index (χ4v) is 1.92. The van der Waals surface area contributed by atoms with Crippen LogP contribution in [0.25, 0.3) is 0 Å². The number of benzene rings is 1. The van der Waals surface area contributed by atoms with Crippen molar-refractivity contribution in [3.8, 4) is 0 Å². The van der Waals surface area contributed by atoms with Crippen LogP contribution in [-0.4, -0.2) is 23.9 Å². The maximum Gasteiger partial charge on any atom is 0.270 e. The molecule has 0 bridgehead atoms. The van der Waals surface area contributed by atoms with E-state index in [1.807, 2.05) is 6.92 Å². The molecule has 0 saturated carbocycles. The minimum absolute atomic E-state index is 0.0734. The number of amides is 1. The Morgan fingerprint density at radius 3 is 2.57 bits per heavy atom. The zero-order valence-electron chi connectivity index (χ0n) is 12.6. The van der Waals surface area contributed by atoms with Gasteiger partial charge in [-0.1, -0.05) is 26.7 Å². The van der Waals surface area contributed by atoms with Crippen LogP contribution in [0, 0.1) is 10.1 Å². The minimum Gasteiger partial charge on any atom is -0.384 e. The number of carbonyl (C=O) groups excluding carboxylic acids is 1. The van der Waals surface area contributed by atoms with Crippen molar-refractivity contribution in [2.75, 3.05) is 18.4 Å². The molecule has 0 heterocycles. The first-order valence-corrected chi connectivity index (χ1v) is 7.40. The lowest BCUT2D eigenvalue weighted by atomic mass is 10.1. The number of nitro groups is 1. The first kappa shape index (κ1) is 16.9. The Bertz CT molecular complexity index is 489. The van der Waals surface area contributed by atoms with Gasteiger partial charge in [0.05, 0.1) is 10.5 Å². The monoisotopic (exact) mass is 293 g/mol. The molecule has 0 atom stereocenters. The molecule has 0 aliphatic rings. The van der Waals surface area contributed by atoms with Crippen molar-refractivity contribution in [2.24, 2.45) is 0 Å². The first-order chi connectivity index (χ1) is 10.1. The van der Waals surface area contributed by atoms with Crippen LogP contribution in [-0.2, 0) is 0 Å². The van der Waals surface area contributed by atoms with Crippen molar-refractivity contribution in [3.63, 3.8) is 0 Å². The number of nitrogens with zero attached hydrogens (tertiary/aromatic N) is 1. The molecule has 21 heavy (non-hydrogen) atoms. The highest BCUT2D eigenvalue weighted by atomic mass is 16.6. The van der Waals surface area contributed by atoms with E-state index < -0.39 is 4.92 Å². The molecule has 1 amide bonds.